The summed E-state index contributed by atoms with van der Waals surface area (Å²) in [5, 5.41) is 11.4. The van der Waals surface area contributed by atoms with Gasteiger partial charge in [0.25, 0.3) is 0 Å². The molecule has 0 spiro atoms. The molecule has 1 aliphatic heterocycles. The number of rotatable bonds is 6. The Morgan fingerprint density at radius 3 is 2.60 bits per heavy atom. The zero-order chi connectivity index (χ0) is 14.4. The first-order chi connectivity index (χ1) is 9.66. The molecule has 0 aromatic heterocycles. The van der Waals surface area contributed by atoms with Gasteiger partial charge in [-0.2, -0.15) is 0 Å². The number of para-hydroxylation sites is 1. The Hall–Kier alpha value is -2.08. The van der Waals surface area contributed by atoms with E-state index >= 15 is 0 Å². The molecular weight excluding hydrogens is 262 g/mol. The number of benzene rings is 1. The van der Waals surface area contributed by atoms with E-state index in [1.807, 2.05) is 30.3 Å². The minimum absolute atomic E-state index is 0.287. The molecule has 1 heterocycles. The third-order valence-electron chi connectivity index (χ3n) is 3.00. The van der Waals surface area contributed by atoms with Crippen molar-refractivity contribution in [2.24, 2.45) is 0 Å². The van der Waals surface area contributed by atoms with Gasteiger partial charge >= 0.3 is 5.97 Å². The molecule has 2 N–H and O–H groups in total. The van der Waals surface area contributed by atoms with E-state index in [1.165, 1.54) is 0 Å². The van der Waals surface area contributed by atoms with Crippen molar-refractivity contribution in [1.82, 2.24) is 5.32 Å². The summed E-state index contributed by atoms with van der Waals surface area (Å²) in [6.07, 6.45) is -0.741. The number of carboxylic acid groups (broad SMARTS) is 1. The van der Waals surface area contributed by atoms with Crippen molar-refractivity contribution < 1.29 is 24.2 Å². The van der Waals surface area contributed by atoms with E-state index in [9.17, 15) is 9.59 Å². The molecule has 2 unspecified atom stereocenters. The molecule has 1 aromatic carbocycles. The van der Waals surface area contributed by atoms with Gasteiger partial charge in [-0.25, -0.2) is 4.79 Å². The van der Waals surface area contributed by atoms with Gasteiger partial charge in [-0.05, 0) is 25.0 Å². The lowest BCUT2D eigenvalue weighted by atomic mass is 10.2. The lowest BCUT2D eigenvalue weighted by Crippen LogP contribution is -2.37. The number of carbonyl (C=O) groups excluding carboxylic acids is 1. The molecule has 6 nitrogen and oxygen atoms in total. The number of ether oxygens (including phenoxy) is 2. The van der Waals surface area contributed by atoms with Crippen LogP contribution in [0.2, 0.25) is 0 Å². The van der Waals surface area contributed by atoms with E-state index in [0.717, 1.165) is 5.75 Å². The van der Waals surface area contributed by atoms with Crippen molar-refractivity contribution in [3.05, 3.63) is 30.3 Å². The third kappa shape index (κ3) is 3.96. The second kappa shape index (κ2) is 6.91. The Morgan fingerprint density at radius 1 is 1.25 bits per heavy atom. The molecule has 1 aliphatic rings. The van der Waals surface area contributed by atoms with Crippen LogP contribution in [0.4, 0.5) is 0 Å². The van der Waals surface area contributed by atoms with Crippen LogP contribution in [0, 0.1) is 0 Å². The van der Waals surface area contributed by atoms with E-state index in [2.05, 4.69) is 5.32 Å². The molecular formula is C14H17NO5. The molecule has 6 heteroatoms. The Kier molecular flexibility index (Phi) is 4.95. The van der Waals surface area contributed by atoms with Gasteiger partial charge in [-0.3, -0.25) is 4.79 Å². The standard InChI is InChI=1S/C14H17NO5/c16-13(11-6-7-12(20-11)14(17)18)15-8-9-19-10-4-2-1-3-5-10/h1-5,11-12H,6-9H2,(H,15,16)(H,17,18). The topological polar surface area (TPSA) is 84.9 Å². The number of nitrogens with one attached hydrogen (secondary N) is 1. The van der Waals surface area contributed by atoms with Crippen molar-refractivity contribution in [2.75, 3.05) is 13.2 Å². The van der Waals surface area contributed by atoms with Crippen molar-refractivity contribution in [2.45, 2.75) is 25.0 Å². The number of hydrogen-bond donors (Lipinski definition) is 2. The van der Waals surface area contributed by atoms with Gasteiger partial charge < -0.3 is 19.9 Å². The van der Waals surface area contributed by atoms with Crippen LogP contribution < -0.4 is 10.1 Å². The molecule has 108 valence electrons. The predicted octanol–water partition coefficient (Wildman–Crippen LogP) is 0.814. The minimum Gasteiger partial charge on any atom is -0.492 e. The summed E-state index contributed by atoms with van der Waals surface area (Å²) in [5.41, 5.74) is 0. The largest absolute Gasteiger partial charge is 0.492 e. The lowest BCUT2D eigenvalue weighted by Gasteiger charge is -2.12. The van der Waals surface area contributed by atoms with Gasteiger partial charge in [0.1, 0.15) is 18.5 Å². The van der Waals surface area contributed by atoms with E-state index in [0.29, 0.717) is 26.0 Å². The SMILES string of the molecule is O=C(O)C1CCC(C(=O)NCCOc2ccccc2)O1. The summed E-state index contributed by atoms with van der Waals surface area (Å²) in [6, 6.07) is 9.29. The summed E-state index contributed by atoms with van der Waals surface area (Å²) in [7, 11) is 0. The molecule has 0 saturated carbocycles. The van der Waals surface area contributed by atoms with Crippen molar-refractivity contribution in [1.29, 1.82) is 0 Å². The fraction of sp³-hybridized carbons (Fsp3) is 0.429. The maximum Gasteiger partial charge on any atom is 0.332 e. The van der Waals surface area contributed by atoms with Gasteiger partial charge in [-0.1, -0.05) is 18.2 Å². The van der Waals surface area contributed by atoms with Gasteiger partial charge in [0.05, 0.1) is 6.54 Å². The maximum atomic E-state index is 11.7. The van der Waals surface area contributed by atoms with Crippen LogP contribution in [-0.2, 0) is 14.3 Å². The van der Waals surface area contributed by atoms with Crippen molar-refractivity contribution in [3.8, 4) is 5.75 Å². The normalized spacial score (nSPS) is 21.4. The zero-order valence-electron chi connectivity index (χ0n) is 11.0. The van der Waals surface area contributed by atoms with Crippen LogP contribution in [0.3, 0.4) is 0 Å². The van der Waals surface area contributed by atoms with E-state index in [1.54, 1.807) is 0 Å². The molecule has 0 aliphatic carbocycles. The summed E-state index contributed by atoms with van der Waals surface area (Å²) in [6.45, 7) is 0.705. The van der Waals surface area contributed by atoms with E-state index < -0.39 is 18.2 Å². The number of amides is 1. The smallest absolute Gasteiger partial charge is 0.332 e. The second-order valence-corrected chi connectivity index (χ2v) is 4.48. The van der Waals surface area contributed by atoms with Crippen molar-refractivity contribution >= 4 is 11.9 Å². The van der Waals surface area contributed by atoms with Gasteiger partial charge in [0.15, 0.2) is 6.10 Å². The van der Waals surface area contributed by atoms with Gasteiger partial charge in [-0.15, -0.1) is 0 Å². The first-order valence-electron chi connectivity index (χ1n) is 6.50. The number of carboxylic acids is 1. The van der Waals surface area contributed by atoms with Crippen LogP contribution in [-0.4, -0.2) is 42.3 Å². The molecule has 1 aromatic rings. The summed E-state index contributed by atoms with van der Waals surface area (Å²) >= 11 is 0. The summed E-state index contributed by atoms with van der Waals surface area (Å²) < 4.78 is 10.6. The quantitative estimate of drug-likeness (QED) is 0.753. The molecule has 1 fully saturated rings. The monoisotopic (exact) mass is 279 g/mol. The summed E-state index contributed by atoms with van der Waals surface area (Å²) in [4.78, 5) is 22.5. The highest BCUT2D eigenvalue weighted by molar-refractivity contribution is 5.82. The number of carbonyl (C=O) groups is 2. The first-order valence-corrected chi connectivity index (χ1v) is 6.50. The molecule has 0 bridgehead atoms. The maximum absolute atomic E-state index is 11.7. The fourth-order valence-corrected chi connectivity index (χ4v) is 1.99. The van der Waals surface area contributed by atoms with Crippen LogP contribution in [0.5, 0.6) is 5.75 Å². The lowest BCUT2D eigenvalue weighted by molar-refractivity contribution is -0.151. The highest BCUT2D eigenvalue weighted by atomic mass is 16.5. The average Bonchev–Trinajstić information content (AvgIpc) is 2.94. The Bertz CT molecular complexity index is 462. The minimum atomic E-state index is -1.02. The molecule has 1 amide bonds. The van der Waals surface area contributed by atoms with E-state index in [4.69, 9.17) is 14.6 Å². The van der Waals surface area contributed by atoms with E-state index in [-0.39, 0.29) is 5.91 Å². The van der Waals surface area contributed by atoms with Gasteiger partial charge in [0.2, 0.25) is 5.91 Å². The predicted molar refractivity (Wildman–Crippen MR) is 70.5 cm³/mol. The Morgan fingerprint density at radius 2 is 1.95 bits per heavy atom. The zero-order valence-corrected chi connectivity index (χ0v) is 11.0. The third-order valence-corrected chi connectivity index (χ3v) is 3.00. The fourth-order valence-electron chi connectivity index (χ4n) is 1.99. The van der Waals surface area contributed by atoms with Crippen LogP contribution in [0.1, 0.15) is 12.8 Å². The van der Waals surface area contributed by atoms with Crippen LogP contribution in [0.25, 0.3) is 0 Å². The highest BCUT2D eigenvalue weighted by Gasteiger charge is 2.34. The Labute approximate surface area is 116 Å². The Balaban J connectivity index is 1.65. The summed E-state index contributed by atoms with van der Waals surface area (Å²) in [5.74, 6) is -0.567. The molecule has 2 atom stereocenters. The van der Waals surface area contributed by atoms with Gasteiger partial charge in [0, 0.05) is 0 Å². The molecule has 1 saturated heterocycles. The molecule has 20 heavy (non-hydrogen) atoms. The van der Waals surface area contributed by atoms with Crippen molar-refractivity contribution in [3.63, 3.8) is 0 Å². The van der Waals surface area contributed by atoms with Crippen LogP contribution >= 0.6 is 0 Å². The average molecular weight is 279 g/mol. The second-order valence-electron chi connectivity index (χ2n) is 4.48. The highest BCUT2D eigenvalue weighted by Crippen LogP contribution is 2.19. The van der Waals surface area contributed by atoms with Crippen LogP contribution in [0.15, 0.2) is 30.3 Å². The molecule has 0 radical (unpaired) electrons. The first kappa shape index (κ1) is 14.3. The molecule has 2 rings (SSSR count). The number of aliphatic carboxylic acids is 1. The number of hydrogen-bond acceptors (Lipinski definition) is 4.